The van der Waals surface area contributed by atoms with Gasteiger partial charge in [0.15, 0.2) is 5.96 Å². The standard InChI is InChI=1S/C17H28N4O3/c1-21(2)16(22)13-20-17(18-9-8-14-7-5-11-23-14)19-12-15-6-3-4-10-24-15/h5,7,11,15H,3-4,6,8-10,12-13H2,1-2H3,(H2,18,19,20). The van der Waals surface area contributed by atoms with Crippen LogP contribution >= 0.6 is 0 Å². The molecule has 24 heavy (non-hydrogen) atoms. The zero-order chi connectivity index (χ0) is 17.2. The van der Waals surface area contributed by atoms with E-state index in [1.54, 1.807) is 20.4 Å². The number of guanidine groups is 1. The summed E-state index contributed by atoms with van der Waals surface area (Å²) in [5.74, 6) is 1.52. The van der Waals surface area contributed by atoms with Crippen molar-refractivity contribution in [2.45, 2.75) is 31.8 Å². The van der Waals surface area contributed by atoms with Gasteiger partial charge in [-0.25, -0.2) is 4.99 Å². The topological polar surface area (TPSA) is 79.1 Å². The number of furan rings is 1. The number of rotatable bonds is 7. The molecule has 0 spiro atoms. The molecule has 7 heteroatoms. The summed E-state index contributed by atoms with van der Waals surface area (Å²) in [4.78, 5) is 17.6. The summed E-state index contributed by atoms with van der Waals surface area (Å²) >= 11 is 0. The van der Waals surface area contributed by atoms with Gasteiger partial charge in [0.2, 0.25) is 5.91 Å². The molecular formula is C17H28N4O3. The lowest BCUT2D eigenvalue weighted by Gasteiger charge is -2.23. The van der Waals surface area contributed by atoms with E-state index < -0.39 is 0 Å². The number of aliphatic imine (C=N–C) groups is 1. The highest BCUT2D eigenvalue weighted by atomic mass is 16.5. The third kappa shape index (κ3) is 6.62. The van der Waals surface area contributed by atoms with Crippen LogP contribution in [0.2, 0.25) is 0 Å². The lowest BCUT2D eigenvalue weighted by Crippen LogP contribution is -2.43. The summed E-state index contributed by atoms with van der Waals surface area (Å²) in [7, 11) is 3.45. The van der Waals surface area contributed by atoms with E-state index in [2.05, 4.69) is 15.6 Å². The van der Waals surface area contributed by atoms with Crippen molar-refractivity contribution in [3.8, 4) is 0 Å². The van der Waals surface area contributed by atoms with Crippen LogP contribution in [0.3, 0.4) is 0 Å². The fourth-order valence-electron chi connectivity index (χ4n) is 2.40. The Balaban J connectivity index is 1.81. The van der Waals surface area contributed by atoms with Crippen molar-refractivity contribution in [1.29, 1.82) is 0 Å². The maximum absolute atomic E-state index is 11.7. The normalized spacial score (nSPS) is 18.2. The molecule has 1 aromatic heterocycles. The number of nitrogens with zero attached hydrogens (tertiary/aromatic N) is 2. The molecule has 0 aliphatic carbocycles. The Hall–Kier alpha value is -2.02. The highest BCUT2D eigenvalue weighted by Crippen LogP contribution is 2.11. The van der Waals surface area contributed by atoms with Gasteiger partial charge < -0.3 is 24.7 Å². The fraction of sp³-hybridized carbons (Fsp3) is 0.647. The van der Waals surface area contributed by atoms with Gasteiger partial charge in [0, 0.05) is 40.2 Å². The molecule has 7 nitrogen and oxygen atoms in total. The molecule has 0 radical (unpaired) electrons. The Bertz CT molecular complexity index is 508. The Morgan fingerprint density at radius 3 is 2.92 bits per heavy atom. The predicted molar refractivity (Wildman–Crippen MR) is 93.0 cm³/mol. The van der Waals surface area contributed by atoms with Crippen LogP contribution in [0.25, 0.3) is 0 Å². The molecule has 2 N–H and O–H groups in total. The minimum Gasteiger partial charge on any atom is -0.469 e. The van der Waals surface area contributed by atoms with Crippen LogP contribution in [0.15, 0.2) is 27.8 Å². The van der Waals surface area contributed by atoms with E-state index in [0.29, 0.717) is 19.0 Å². The molecule has 1 aromatic rings. The number of hydrogen-bond donors (Lipinski definition) is 2. The Morgan fingerprint density at radius 2 is 2.25 bits per heavy atom. The van der Waals surface area contributed by atoms with Crippen LogP contribution in [-0.4, -0.2) is 63.2 Å². The van der Waals surface area contributed by atoms with Gasteiger partial charge in [-0.15, -0.1) is 0 Å². The number of nitrogens with one attached hydrogen (secondary N) is 2. The largest absolute Gasteiger partial charge is 0.469 e. The molecule has 1 aliphatic rings. The lowest BCUT2D eigenvalue weighted by atomic mass is 10.1. The van der Waals surface area contributed by atoms with Gasteiger partial charge in [-0.1, -0.05) is 0 Å². The van der Waals surface area contributed by atoms with Crippen molar-refractivity contribution in [2.75, 3.05) is 40.3 Å². The molecule has 0 aromatic carbocycles. The van der Waals surface area contributed by atoms with Gasteiger partial charge in [0.25, 0.3) is 0 Å². The molecule has 1 aliphatic heterocycles. The van der Waals surface area contributed by atoms with Crippen LogP contribution in [0, 0.1) is 0 Å². The maximum Gasteiger partial charge on any atom is 0.243 e. The number of hydrogen-bond acceptors (Lipinski definition) is 4. The predicted octanol–water partition coefficient (Wildman–Crippen LogP) is 1.01. The Kier molecular flexibility index (Phi) is 7.61. The first-order valence-corrected chi connectivity index (χ1v) is 8.51. The molecule has 1 atom stereocenters. The van der Waals surface area contributed by atoms with E-state index >= 15 is 0 Å². The summed E-state index contributed by atoms with van der Waals surface area (Å²) < 4.78 is 11.0. The smallest absolute Gasteiger partial charge is 0.243 e. The van der Waals surface area contributed by atoms with Gasteiger partial charge in [0.05, 0.1) is 12.4 Å². The van der Waals surface area contributed by atoms with E-state index in [1.165, 1.54) is 11.3 Å². The van der Waals surface area contributed by atoms with Crippen molar-refractivity contribution < 1.29 is 13.9 Å². The van der Waals surface area contributed by atoms with Crippen LogP contribution in [0.5, 0.6) is 0 Å². The van der Waals surface area contributed by atoms with Crippen LogP contribution < -0.4 is 10.6 Å². The second-order valence-corrected chi connectivity index (χ2v) is 6.08. The van der Waals surface area contributed by atoms with Crippen molar-refractivity contribution >= 4 is 11.9 Å². The molecule has 134 valence electrons. The molecule has 2 heterocycles. The van der Waals surface area contributed by atoms with Crippen molar-refractivity contribution in [3.05, 3.63) is 24.2 Å². The minimum atomic E-state index is -0.0314. The van der Waals surface area contributed by atoms with Crippen LogP contribution in [-0.2, 0) is 16.0 Å². The number of carbonyl (C=O) groups excluding carboxylic acids is 1. The number of likely N-dealkylation sites (N-methyl/N-ethyl adjacent to an activating group) is 1. The minimum absolute atomic E-state index is 0.0314. The highest BCUT2D eigenvalue weighted by molar-refractivity contribution is 5.84. The molecule has 0 bridgehead atoms. The first-order chi connectivity index (χ1) is 11.6. The first kappa shape index (κ1) is 18.3. The van der Waals surface area contributed by atoms with Crippen molar-refractivity contribution in [1.82, 2.24) is 15.5 Å². The summed E-state index contributed by atoms with van der Waals surface area (Å²) in [5.41, 5.74) is 0. The molecule has 1 fully saturated rings. The average molecular weight is 336 g/mol. The number of carbonyl (C=O) groups is 1. The number of ether oxygens (including phenoxy) is 1. The van der Waals surface area contributed by atoms with Crippen LogP contribution in [0.4, 0.5) is 0 Å². The fourth-order valence-corrected chi connectivity index (χ4v) is 2.40. The molecular weight excluding hydrogens is 308 g/mol. The van der Waals surface area contributed by atoms with Gasteiger partial charge in [0.1, 0.15) is 12.3 Å². The molecule has 1 saturated heterocycles. The Morgan fingerprint density at radius 1 is 1.38 bits per heavy atom. The van der Waals surface area contributed by atoms with E-state index in [9.17, 15) is 4.79 Å². The summed E-state index contributed by atoms with van der Waals surface area (Å²) in [6.07, 6.45) is 6.03. The van der Waals surface area contributed by atoms with Gasteiger partial charge >= 0.3 is 0 Å². The summed E-state index contributed by atoms with van der Waals surface area (Å²) in [6, 6.07) is 3.82. The lowest BCUT2D eigenvalue weighted by molar-refractivity contribution is -0.127. The number of amides is 1. The molecule has 1 unspecified atom stereocenters. The monoisotopic (exact) mass is 336 g/mol. The van der Waals surface area contributed by atoms with Crippen molar-refractivity contribution in [2.24, 2.45) is 4.99 Å². The second kappa shape index (κ2) is 9.97. The van der Waals surface area contributed by atoms with Crippen LogP contribution in [0.1, 0.15) is 25.0 Å². The summed E-state index contributed by atoms with van der Waals surface area (Å²) in [5, 5.41) is 6.52. The van der Waals surface area contributed by atoms with Crippen molar-refractivity contribution in [3.63, 3.8) is 0 Å². The van der Waals surface area contributed by atoms with E-state index in [0.717, 1.165) is 31.6 Å². The zero-order valence-electron chi connectivity index (χ0n) is 14.6. The maximum atomic E-state index is 11.7. The second-order valence-electron chi connectivity index (χ2n) is 6.08. The molecule has 1 amide bonds. The zero-order valence-corrected chi connectivity index (χ0v) is 14.6. The first-order valence-electron chi connectivity index (χ1n) is 8.51. The van der Waals surface area contributed by atoms with E-state index in [-0.39, 0.29) is 18.6 Å². The SMILES string of the molecule is CN(C)C(=O)CN=C(NCCc1ccco1)NCC1CCCCO1. The quantitative estimate of drug-likeness (QED) is 0.574. The third-order valence-corrected chi connectivity index (χ3v) is 3.89. The molecule has 0 saturated carbocycles. The van der Waals surface area contributed by atoms with Gasteiger partial charge in [-0.05, 0) is 31.4 Å². The highest BCUT2D eigenvalue weighted by Gasteiger charge is 2.14. The Labute approximate surface area is 143 Å². The average Bonchev–Trinajstić information content (AvgIpc) is 3.10. The summed E-state index contributed by atoms with van der Waals surface area (Å²) in [6.45, 7) is 2.32. The van der Waals surface area contributed by atoms with E-state index in [1.807, 2.05) is 12.1 Å². The van der Waals surface area contributed by atoms with E-state index in [4.69, 9.17) is 9.15 Å². The molecule has 2 rings (SSSR count). The van der Waals surface area contributed by atoms with Gasteiger partial charge in [-0.2, -0.15) is 0 Å². The van der Waals surface area contributed by atoms with Gasteiger partial charge in [-0.3, -0.25) is 4.79 Å². The third-order valence-electron chi connectivity index (χ3n) is 3.89.